The van der Waals surface area contributed by atoms with Crippen LogP contribution in [0.5, 0.6) is 0 Å². The Balaban J connectivity index is 4.25. The van der Waals surface area contributed by atoms with Gasteiger partial charge in [-0.2, -0.15) is 0 Å². The number of unbranched alkanes of at least 4 members (excludes halogenated alkanes) is 1. The van der Waals surface area contributed by atoms with Gasteiger partial charge in [0, 0.05) is 0 Å². The molecule has 2 atom stereocenters. The molecule has 4 nitrogen and oxygen atoms in total. The molecule has 0 unspecified atom stereocenters. The molecular formula is C12H24N2O2. The minimum absolute atomic E-state index is 0.236. The van der Waals surface area contributed by atoms with E-state index in [1.165, 1.54) is 0 Å². The zero-order valence-electron chi connectivity index (χ0n) is 10.7. The van der Waals surface area contributed by atoms with Crippen LogP contribution >= 0.6 is 0 Å². The molecule has 0 aliphatic heterocycles. The molecule has 0 rings (SSSR count). The summed E-state index contributed by atoms with van der Waals surface area (Å²) >= 11 is 0. The van der Waals surface area contributed by atoms with Crippen LogP contribution in [0.3, 0.4) is 0 Å². The van der Waals surface area contributed by atoms with E-state index in [1.54, 1.807) is 0 Å². The molecule has 16 heavy (non-hydrogen) atoms. The van der Waals surface area contributed by atoms with Crippen molar-refractivity contribution in [3.05, 3.63) is 0 Å². The second-order valence-corrected chi connectivity index (χ2v) is 5.24. The van der Waals surface area contributed by atoms with Crippen molar-refractivity contribution >= 4 is 12.2 Å². The van der Waals surface area contributed by atoms with Crippen molar-refractivity contribution in [2.45, 2.75) is 59.0 Å². The smallest absolute Gasteiger partial charge is 0.237 e. The fraction of sp³-hybridized carbons (Fsp3) is 0.833. The van der Waals surface area contributed by atoms with Crippen molar-refractivity contribution < 1.29 is 9.59 Å². The second kappa shape index (κ2) is 6.63. The number of carbonyl (C=O) groups excluding carboxylic acids is 2. The number of rotatable bonds is 6. The fourth-order valence-corrected chi connectivity index (χ4v) is 1.27. The van der Waals surface area contributed by atoms with Gasteiger partial charge in [-0.25, -0.2) is 0 Å². The van der Waals surface area contributed by atoms with Crippen LogP contribution < -0.4 is 11.1 Å². The molecule has 0 aromatic carbocycles. The molecule has 0 aromatic heterocycles. The zero-order valence-corrected chi connectivity index (χ0v) is 10.7. The Morgan fingerprint density at radius 1 is 1.44 bits per heavy atom. The topological polar surface area (TPSA) is 72.2 Å². The first-order chi connectivity index (χ1) is 7.32. The summed E-state index contributed by atoms with van der Waals surface area (Å²) in [6, 6.07) is -0.988. The summed E-state index contributed by atoms with van der Waals surface area (Å²) in [6.45, 7) is 7.77. The van der Waals surface area contributed by atoms with E-state index < -0.39 is 12.1 Å². The molecule has 0 aliphatic carbocycles. The Hall–Kier alpha value is -0.900. The molecule has 94 valence electrons. The maximum absolute atomic E-state index is 11.7. The fourth-order valence-electron chi connectivity index (χ4n) is 1.27. The Kier molecular flexibility index (Phi) is 6.26. The van der Waals surface area contributed by atoms with E-state index in [2.05, 4.69) is 5.32 Å². The molecule has 0 saturated carbocycles. The van der Waals surface area contributed by atoms with E-state index in [9.17, 15) is 9.59 Å². The average Bonchev–Trinajstić information content (AvgIpc) is 2.20. The SMILES string of the molecule is CCCC[C@H](N)C(=O)N[C@H](C=O)C(C)(C)C. The molecule has 0 aliphatic rings. The number of nitrogens with one attached hydrogen (secondary N) is 1. The van der Waals surface area contributed by atoms with Gasteiger partial charge in [0.1, 0.15) is 6.29 Å². The van der Waals surface area contributed by atoms with Crippen LogP contribution in [0.25, 0.3) is 0 Å². The lowest BCUT2D eigenvalue weighted by molar-refractivity contribution is -0.126. The standard InChI is InChI=1S/C12H24N2O2/c1-5-6-7-9(13)11(16)14-10(8-15)12(2,3)4/h8-10H,5-7,13H2,1-4H3,(H,14,16)/t9-,10+/m0/s1. The van der Waals surface area contributed by atoms with Crippen LogP contribution in [0.1, 0.15) is 47.0 Å². The van der Waals surface area contributed by atoms with Crippen molar-refractivity contribution in [3.8, 4) is 0 Å². The molecule has 3 N–H and O–H groups in total. The van der Waals surface area contributed by atoms with Gasteiger partial charge in [-0.3, -0.25) is 4.79 Å². The number of carbonyl (C=O) groups is 2. The summed E-state index contributed by atoms with van der Waals surface area (Å²) in [5, 5.41) is 2.68. The van der Waals surface area contributed by atoms with Crippen molar-refractivity contribution in [3.63, 3.8) is 0 Å². The average molecular weight is 228 g/mol. The predicted molar refractivity (Wildman–Crippen MR) is 65.0 cm³/mol. The van der Waals surface area contributed by atoms with Crippen LogP contribution in [0.4, 0.5) is 0 Å². The monoisotopic (exact) mass is 228 g/mol. The first-order valence-corrected chi connectivity index (χ1v) is 5.84. The molecule has 1 amide bonds. The van der Waals surface area contributed by atoms with Crippen LogP contribution in [0, 0.1) is 5.41 Å². The summed E-state index contributed by atoms with van der Waals surface area (Å²) in [7, 11) is 0. The molecule has 0 aromatic rings. The van der Waals surface area contributed by atoms with Crippen LogP contribution in [0.2, 0.25) is 0 Å². The molecule has 0 fully saturated rings. The number of aldehydes is 1. The van der Waals surface area contributed by atoms with E-state index in [0.717, 1.165) is 19.1 Å². The summed E-state index contributed by atoms with van der Waals surface area (Å²) in [5.74, 6) is -0.236. The molecular weight excluding hydrogens is 204 g/mol. The minimum Gasteiger partial charge on any atom is -0.345 e. The third-order valence-electron chi connectivity index (χ3n) is 2.57. The van der Waals surface area contributed by atoms with Crippen LogP contribution in [-0.4, -0.2) is 24.3 Å². The Morgan fingerprint density at radius 2 is 2.00 bits per heavy atom. The second-order valence-electron chi connectivity index (χ2n) is 5.24. The van der Waals surface area contributed by atoms with Gasteiger partial charge in [0.25, 0.3) is 0 Å². The third-order valence-corrected chi connectivity index (χ3v) is 2.57. The molecule has 0 saturated heterocycles. The molecule has 0 heterocycles. The van der Waals surface area contributed by atoms with Crippen LogP contribution in [0.15, 0.2) is 0 Å². The third kappa shape index (κ3) is 5.26. The maximum atomic E-state index is 11.7. The highest BCUT2D eigenvalue weighted by atomic mass is 16.2. The van der Waals surface area contributed by atoms with Gasteiger partial charge in [-0.1, -0.05) is 40.5 Å². The minimum atomic E-state index is -0.509. The van der Waals surface area contributed by atoms with Crippen LogP contribution in [-0.2, 0) is 9.59 Å². The van der Waals surface area contributed by atoms with Gasteiger partial charge >= 0.3 is 0 Å². The molecule has 4 heteroatoms. The number of nitrogens with two attached hydrogens (primary N) is 1. The predicted octanol–water partition coefficient (Wildman–Crippen LogP) is 1.23. The Bertz CT molecular complexity index is 234. The van der Waals surface area contributed by atoms with E-state index in [-0.39, 0.29) is 11.3 Å². The van der Waals surface area contributed by atoms with Crippen molar-refractivity contribution in [2.24, 2.45) is 11.1 Å². The molecule has 0 bridgehead atoms. The lowest BCUT2D eigenvalue weighted by Crippen LogP contribution is -2.50. The van der Waals surface area contributed by atoms with Gasteiger partial charge in [-0.05, 0) is 11.8 Å². The number of amides is 1. The quantitative estimate of drug-likeness (QED) is 0.672. The zero-order chi connectivity index (χ0) is 12.8. The van der Waals surface area contributed by atoms with Crippen molar-refractivity contribution in [1.82, 2.24) is 5.32 Å². The lowest BCUT2D eigenvalue weighted by Gasteiger charge is -2.27. The summed E-state index contributed by atoms with van der Waals surface area (Å²) in [5.41, 5.74) is 5.45. The van der Waals surface area contributed by atoms with E-state index >= 15 is 0 Å². The van der Waals surface area contributed by atoms with Crippen molar-refractivity contribution in [1.29, 1.82) is 0 Å². The van der Waals surface area contributed by atoms with Gasteiger partial charge in [0.05, 0.1) is 12.1 Å². The highest BCUT2D eigenvalue weighted by Gasteiger charge is 2.27. The summed E-state index contributed by atoms with van der Waals surface area (Å²) in [4.78, 5) is 22.5. The largest absolute Gasteiger partial charge is 0.345 e. The van der Waals surface area contributed by atoms with E-state index in [1.807, 2.05) is 27.7 Å². The van der Waals surface area contributed by atoms with E-state index in [0.29, 0.717) is 6.42 Å². The van der Waals surface area contributed by atoms with Crippen molar-refractivity contribution in [2.75, 3.05) is 0 Å². The number of hydrogen-bond donors (Lipinski definition) is 2. The Labute approximate surface area is 98.0 Å². The highest BCUT2D eigenvalue weighted by molar-refractivity contribution is 5.84. The molecule has 0 spiro atoms. The lowest BCUT2D eigenvalue weighted by atomic mass is 9.87. The number of hydrogen-bond acceptors (Lipinski definition) is 3. The maximum Gasteiger partial charge on any atom is 0.237 e. The summed E-state index contributed by atoms with van der Waals surface area (Å²) < 4.78 is 0. The first kappa shape index (κ1) is 15.1. The van der Waals surface area contributed by atoms with E-state index in [4.69, 9.17) is 5.73 Å². The Morgan fingerprint density at radius 3 is 2.38 bits per heavy atom. The van der Waals surface area contributed by atoms with Gasteiger partial charge in [0.15, 0.2) is 0 Å². The first-order valence-electron chi connectivity index (χ1n) is 5.84. The normalized spacial score (nSPS) is 15.3. The van der Waals surface area contributed by atoms with Gasteiger partial charge in [-0.15, -0.1) is 0 Å². The van der Waals surface area contributed by atoms with Gasteiger partial charge < -0.3 is 15.8 Å². The highest BCUT2D eigenvalue weighted by Crippen LogP contribution is 2.17. The van der Waals surface area contributed by atoms with Gasteiger partial charge in [0.2, 0.25) is 5.91 Å². The molecule has 0 radical (unpaired) electrons. The summed E-state index contributed by atoms with van der Waals surface area (Å²) in [6.07, 6.45) is 3.37.